The second-order valence-electron chi connectivity index (χ2n) is 4.26. The van der Waals surface area contributed by atoms with Crippen molar-refractivity contribution in [3.63, 3.8) is 0 Å². The minimum Gasteiger partial charge on any atom is -0.481 e. The van der Waals surface area contributed by atoms with E-state index in [1.807, 2.05) is 6.92 Å². The Hall–Kier alpha value is -1.55. The Kier molecular flexibility index (Phi) is 5.65. The molecule has 4 nitrogen and oxygen atoms in total. The van der Waals surface area contributed by atoms with Crippen molar-refractivity contribution >= 4 is 23.5 Å². The van der Waals surface area contributed by atoms with Crippen LogP contribution in [0, 0.1) is 5.92 Å². The number of amides is 1. The summed E-state index contributed by atoms with van der Waals surface area (Å²) >= 11 is 5.79. The first kappa shape index (κ1) is 14.5. The zero-order chi connectivity index (χ0) is 13.5. The molecule has 1 aromatic carbocycles. The summed E-state index contributed by atoms with van der Waals surface area (Å²) in [5.41, 5.74) is 0.507. The summed E-state index contributed by atoms with van der Waals surface area (Å²) in [6.45, 7) is 2.36. The molecule has 1 atom stereocenters. The van der Waals surface area contributed by atoms with Gasteiger partial charge < -0.3 is 10.4 Å². The maximum atomic E-state index is 11.8. The van der Waals surface area contributed by atoms with E-state index in [2.05, 4.69) is 5.32 Å². The summed E-state index contributed by atoms with van der Waals surface area (Å²) in [5.74, 6) is -0.882. The molecular formula is C13H16ClNO3. The average Bonchev–Trinajstić information content (AvgIpc) is 2.33. The molecule has 0 fully saturated rings. The maximum absolute atomic E-state index is 11.8. The van der Waals surface area contributed by atoms with Crippen LogP contribution >= 0.6 is 11.6 Å². The number of carboxylic acid groups (broad SMARTS) is 1. The summed E-state index contributed by atoms with van der Waals surface area (Å²) in [6, 6.07) is 6.70. The van der Waals surface area contributed by atoms with Crippen LogP contribution in [0.3, 0.4) is 0 Å². The molecule has 0 aromatic heterocycles. The molecule has 5 heteroatoms. The van der Waals surface area contributed by atoms with Crippen molar-refractivity contribution in [3.8, 4) is 0 Å². The number of carbonyl (C=O) groups is 2. The van der Waals surface area contributed by atoms with Gasteiger partial charge in [0, 0.05) is 23.6 Å². The van der Waals surface area contributed by atoms with Gasteiger partial charge in [-0.25, -0.2) is 0 Å². The normalized spacial score (nSPS) is 11.9. The van der Waals surface area contributed by atoms with E-state index in [9.17, 15) is 9.59 Å². The molecule has 1 aromatic rings. The van der Waals surface area contributed by atoms with E-state index >= 15 is 0 Å². The van der Waals surface area contributed by atoms with Crippen molar-refractivity contribution in [1.82, 2.24) is 5.32 Å². The predicted octanol–water partition coefficient (Wildman–Crippen LogP) is 2.57. The van der Waals surface area contributed by atoms with Gasteiger partial charge in [-0.15, -0.1) is 0 Å². The quantitative estimate of drug-likeness (QED) is 0.834. The molecular weight excluding hydrogens is 254 g/mol. The van der Waals surface area contributed by atoms with E-state index in [1.165, 1.54) is 0 Å². The maximum Gasteiger partial charge on any atom is 0.303 e. The first-order chi connectivity index (χ1) is 8.49. The van der Waals surface area contributed by atoms with Crippen LogP contribution in [-0.2, 0) is 4.79 Å². The molecule has 0 saturated heterocycles. The third-order valence-corrected chi connectivity index (χ3v) is 2.78. The molecule has 0 aliphatic carbocycles. The number of hydrogen-bond acceptors (Lipinski definition) is 2. The lowest BCUT2D eigenvalue weighted by molar-refractivity contribution is -0.137. The molecule has 0 saturated carbocycles. The predicted molar refractivity (Wildman–Crippen MR) is 69.8 cm³/mol. The molecule has 0 spiro atoms. The Bertz CT molecular complexity index is 434. The van der Waals surface area contributed by atoms with E-state index in [0.29, 0.717) is 23.6 Å². The van der Waals surface area contributed by atoms with Crippen LogP contribution in [0.5, 0.6) is 0 Å². The number of aliphatic carboxylic acids is 1. The van der Waals surface area contributed by atoms with Crippen molar-refractivity contribution in [2.45, 2.75) is 19.8 Å². The van der Waals surface area contributed by atoms with Gasteiger partial charge in [-0.1, -0.05) is 24.6 Å². The number of hydrogen-bond donors (Lipinski definition) is 2. The van der Waals surface area contributed by atoms with E-state index in [1.54, 1.807) is 24.3 Å². The smallest absolute Gasteiger partial charge is 0.303 e. The zero-order valence-electron chi connectivity index (χ0n) is 10.1. The van der Waals surface area contributed by atoms with Gasteiger partial charge in [0.15, 0.2) is 0 Å². The Balaban J connectivity index is 2.39. The van der Waals surface area contributed by atoms with E-state index in [0.717, 1.165) is 0 Å². The van der Waals surface area contributed by atoms with E-state index < -0.39 is 5.97 Å². The third kappa shape index (κ3) is 5.19. The highest BCUT2D eigenvalue weighted by Crippen LogP contribution is 2.11. The highest BCUT2D eigenvalue weighted by Gasteiger charge is 2.09. The average molecular weight is 270 g/mol. The molecule has 98 valence electrons. The van der Waals surface area contributed by atoms with Crippen molar-refractivity contribution in [2.24, 2.45) is 5.92 Å². The highest BCUT2D eigenvalue weighted by atomic mass is 35.5. The van der Waals surface area contributed by atoms with Gasteiger partial charge in [-0.05, 0) is 30.5 Å². The fourth-order valence-corrected chi connectivity index (χ4v) is 1.66. The zero-order valence-corrected chi connectivity index (χ0v) is 10.9. The fourth-order valence-electron chi connectivity index (χ4n) is 1.47. The molecule has 1 unspecified atom stereocenters. The van der Waals surface area contributed by atoms with E-state index in [4.69, 9.17) is 16.7 Å². The minimum absolute atomic E-state index is 0.119. The molecule has 1 rings (SSSR count). The molecule has 18 heavy (non-hydrogen) atoms. The molecule has 0 bridgehead atoms. The molecule has 0 aliphatic heterocycles. The second-order valence-corrected chi connectivity index (χ2v) is 4.69. The Morgan fingerprint density at radius 2 is 2.17 bits per heavy atom. The van der Waals surface area contributed by atoms with Crippen LogP contribution < -0.4 is 5.32 Å². The lowest BCUT2D eigenvalue weighted by Gasteiger charge is -2.11. The first-order valence-corrected chi connectivity index (χ1v) is 6.12. The van der Waals surface area contributed by atoms with Crippen molar-refractivity contribution in [3.05, 3.63) is 34.9 Å². The van der Waals surface area contributed by atoms with Gasteiger partial charge in [0.25, 0.3) is 5.91 Å². The number of rotatable bonds is 6. The van der Waals surface area contributed by atoms with Crippen LogP contribution in [0.15, 0.2) is 24.3 Å². The Morgan fingerprint density at radius 1 is 1.44 bits per heavy atom. The highest BCUT2D eigenvalue weighted by molar-refractivity contribution is 6.30. The van der Waals surface area contributed by atoms with Crippen LogP contribution in [0.1, 0.15) is 30.1 Å². The summed E-state index contributed by atoms with van der Waals surface area (Å²) in [5, 5.41) is 11.8. The second kappa shape index (κ2) is 7.01. The van der Waals surface area contributed by atoms with Crippen LogP contribution in [0.4, 0.5) is 0 Å². The lowest BCUT2D eigenvalue weighted by atomic mass is 10.1. The minimum atomic E-state index is -0.817. The van der Waals surface area contributed by atoms with Gasteiger partial charge in [0.05, 0.1) is 0 Å². The molecule has 0 aliphatic rings. The number of carboxylic acids is 1. The van der Waals surface area contributed by atoms with Crippen molar-refractivity contribution in [2.75, 3.05) is 6.54 Å². The SMILES string of the molecule is CC(CCC(=O)O)CNC(=O)c1cccc(Cl)c1. The summed E-state index contributed by atoms with van der Waals surface area (Å²) < 4.78 is 0. The van der Waals surface area contributed by atoms with Gasteiger partial charge in [-0.2, -0.15) is 0 Å². The molecule has 0 heterocycles. The Labute approximate surface area is 111 Å². The fraction of sp³-hybridized carbons (Fsp3) is 0.385. The molecule has 0 radical (unpaired) electrons. The van der Waals surface area contributed by atoms with Crippen molar-refractivity contribution in [1.29, 1.82) is 0 Å². The first-order valence-electron chi connectivity index (χ1n) is 5.74. The largest absolute Gasteiger partial charge is 0.481 e. The number of nitrogens with one attached hydrogen (secondary N) is 1. The topological polar surface area (TPSA) is 66.4 Å². The van der Waals surface area contributed by atoms with Gasteiger partial charge >= 0.3 is 5.97 Å². The van der Waals surface area contributed by atoms with Crippen LogP contribution in [0.2, 0.25) is 5.02 Å². The number of carbonyl (C=O) groups excluding carboxylic acids is 1. The Morgan fingerprint density at radius 3 is 2.78 bits per heavy atom. The van der Waals surface area contributed by atoms with Crippen molar-refractivity contribution < 1.29 is 14.7 Å². The van der Waals surface area contributed by atoms with E-state index in [-0.39, 0.29) is 18.2 Å². The van der Waals surface area contributed by atoms with Crippen LogP contribution in [0.25, 0.3) is 0 Å². The number of halogens is 1. The molecule has 1 amide bonds. The number of benzene rings is 1. The van der Waals surface area contributed by atoms with Crippen LogP contribution in [-0.4, -0.2) is 23.5 Å². The summed E-state index contributed by atoms with van der Waals surface area (Å²) in [4.78, 5) is 22.2. The third-order valence-electron chi connectivity index (χ3n) is 2.55. The lowest BCUT2D eigenvalue weighted by Crippen LogP contribution is -2.28. The summed E-state index contributed by atoms with van der Waals surface area (Å²) in [6.07, 6.45) is 0.666. The standard InChI is InChI=1S/C13H16ClNO3/c1-9(5-6-12(16)17)8-15-13(18)10-3-2-4-11(14)7-10/h2-4,7,9H,5-6,8H2,1H3,(H,15,18)(H,16,17). The summed E-state index contributed by atoms with van der Waals surface area (Å²) in [7, 11) is 0. The molecule has 2 N–H and O–H groups in total. The van der Waals surface area contributed by atoms with Gasteiger partial charge in [0.1, 0.15) is 0 Å². The monoisotopic (exact) mass is 269 g/mol. The van der Waals surface area contributed by atoms with Gasteiger partial charge in [0.2, 0.25) is 0 Å². The van der Waals surface area contributed by atoms with Gasteiger partial charge in [-0.3, -0.25) is 9.59 Å².